The van der Waals surface area contributed by atoms with E-state index in [0.717, 1.165) is 5.56 Å². The van der Waals surface area contributed by atoms with Crippen molar-refractivity contribution in [2.45, 2.75) is 26.4 Å². The van der Waals surface area contributed by atoms with Crippen molar-refractivity contribution < 1.29 is 9.53 Å². The van der Waals surface area contributed by atoms with Crippen molar-refractivity contribution in [2.75, 3.05) is 11.9 Å². The number of aryl methyl sites for hydroxylation is 1. The highest BCUT2D eigenvalue weighted by Crippen LogP contribution is 2.25. The quantitative estimate of drug-likeness (QED) is 0.592. The molecule has 0 spiro atoms. The Balaban J connectivity index is 1.81. The third-order valence-corrected chi connectivity index (χ3v) is 4.60. The number of para-hydroxylation sites is 2. The zero-order valence-electron chi connectivity index (χ0n) is 16.3. The Bertz CT molecular complexity index is 909. The van der Waals surface area contributed by atoms with Crippen LogP contribution in [0, 0.1) is 6.92 Å². The molecule has 1 amide bonds. The topological polar surface area (TPSA) is 50.4 Å². The average molecular weight is 374 g/mol. The molecular weight excluding hydrogens is 348 g/mol. The number of anilines is 1. The van der Waals surface area contributed by atoms with Crippen LogP contribution < -0.4 is 15.4 Å². The van der Waals surface area contributed by atoms with Crippen LogP contribution in [0.25, 0.3) is 0 Å². The fourth-order valence-corrected chi connectivity index (χ4v) is 3.08. The highest BCUT2D eigenvalue weighted by Gasteiger charge is 2.21. The second-order valence-corrected chi connectivity index (χ2v) is 6.57. The van der Waals surface area contributed by atoms with Crippen LogP contribution >= 0.6 is 0 Å². The Morgan fingerprint density at radius 1 is 0.929 bits per heavy atom. The molecule has 0 aliphatic heterocycles. The molecule has 0 saturated heterocycles. The van der Waals surface area contributed by atoms with Gasteiger partial charge < -0.3 is 10.1 Å². The van der Waals surface area contributed by atoms with Crippen molar-refractivity contribution in [1.82, 2.24) is 5.32 Å². The van der Waals surface area contributed by atoms with E-state index in [9.17, 15) is 4.79 Å². The SMILES string of the molecule is CCOc1ccccc1NC(=O)[C@@H](NCc1ccccc1C)c1ccccc1. The molecule has 4 heteroatoms. The lowest BCUT2D eigenvalue weighted by Gasteiger charge is -2.20. The summed E-state index contributed by atoms with van der Waals surface area (Å²) in [7, 11) is 0. The van der Waals surface area contributed by atoms with E-state index >= 15 is 0 Å². The summed E-state index contributed by atoms with van der Waals surface area (Å²) in [5.41, 5.74) is 3.96. The molecule has 0 aromatic heterocycles. The normalized spacial score (nSPS) is 11.6. The van der Waals surface area contributed by atoms with Crippen molar-refractivity contribution in [3.63, 3.8) is 0 Å². The van der Waals surface area contributed by atoms with Crippen LogP contribution in [0.4, 0.5) is 5.69 Å². The smallest absolute Gasteiger partial charge is 0.246 e. The lowest BCUT2D eigenvalue weighted by molar-refractivity contribution is -0.118. The van der Waals surface area contributed by atoms with E-state index in [4.69, 9.17) is 4.74 Å². The summed E-state index contributed by atoms with van der Waals surface area (Å²) in [4.78, 5) is 13.1. The van der Waals surface area contributed by atoms with Gasteiger partial charge in [-0.25, -0.2) is 0 Å². The number of rotatable bonds is 8. The Kier molecular flexibility index (Phi) is 6.82. The van der Waals surface area contributed by atoms with Gasteiger partial charge in [-0.05, 0) is 42.7 Å². The number of carbonyl (C=O) groups is 1. The first kappa shape index (κ1) is 19.6. The van der Waals surface area contributed by atoms with E-state index < -0.39 is 6.04 Å². The van der Waals surface area contributed by atoms with E-state index in [1.54, 1.807) is 0 Å². The first-order chi connectivity index (χ1) is 13.7. The minimum atomic E-state index is -0.476. The highest BCUT2D eigenvalue weighted by molar-refractivity contribution is 5.96. The van der Waals surface area contributed by atoms with Crippen LogP contribution in [0.3, 0.4) is 0 Å². The number of carbonyl (C=O) groups excluding carboxylic acids is 1. The van der Waals surface area contributed by atoms with Crippen LogP contribution in [-0.2, 0) is 11.3 Å². The second kappa shape index (κ2) is 9.72. The van der Waals surface area contributed by atoms with E-state index in [1.807, 2.05) is 73.7 Å². The summed E-state index contributed by atoms with van der Waals surface area (Å²) < 4.78 is 5.63. The van der Waals surface area contributed by atoms with E-state index in [1.165, 1.54) is 11.1 Å². The molecule has 3 aromatic rings. The van der Waals surface area contributed by atoms with Gasteiger partial charge >= 0.3 is 0 Å². The van der Waals surface area contributed by atoms with Crippen LogP contribution in [0.2, 0.25) is 0 Å². The van der Waals surface area contributed by atoms with Gasteiger partial charge in [-0.2, -0.15) is 0 Å². The van der Waals surface area contributed by atoms with Crippen LogP contribution in [-0.4, -0.2) is 12.5 Å². The molecule has 3 aromatic carbocycles. The van der Waals surface area contributed by atoms with Crippen molar-refractivity contribution in [3.8, 4) is 5.75 Å². The lowest BCUT2D eigenvalue weighted by Crippen LogP contribution is -2.33. The molecule has 3 rings (SSSR count). The Morgan fingerprint density at radius 3 is 2.36 bits per heavy atom. The van der Waals surface area contributed by atoms with Gasteiger partial charge in [0.15, 0.2) is 0 Å². The van der Waals surface area contributed by atoms with Gasteiger partial charge in [0.2, 0.25) is 5.91 Å². The van der Waals surface area contributed by atoms with Gasteiger partial charge in [-0.15, -0.1) is 0 Å². The Labute approximate surface area is 166 Å². The molecule has 4 nitrogen and oxygen atoms in total. The summed E-state index contributed by atoms with van der Waals surface area (Å²) in [6.45, 7) is 5.15. The summed E-state index contributed by atoms with van der Waals surface area (Å²) in [6.07, 6.45) is 0. The van der Waals surface area contributed by atoms with E-state index in [0.29, 0.717) is 24.6 Å². The molecule has 28 heavy (non-hydrogen) atoms. The first-order valence-corrected chi connectivity index (χ1v) is 9.54. The van der Waals surface area contributed by atoms with E-state index in [-0.39, 0.29) is 5.91 Å². The summed E-state index contributed by atoms with van der Waals surface area (Å²) >= 11 is 0. The summed E-state index contributed by atoms with van der Waals surface area (Å²) in [6, 6.07) is 25.0. The lowest BCUT2D eigenvalue weighted by atomic mass is 10.0. The van der Waals surface area contributed by atoms with Gasteiger partial charge in [0.1, 0.15) is 11.8 Å². The average Bonchev–Trinajstić information content (AvgIpc) is 2.72. The molecule has 0 radical (unpaired) electrons. The fraction of sp³-hybridized carbons (Fsp3) is 0.208. The Morgan fingerprint density at radius 2 is 1.61 bits per heavy atom. The van der Waals surface area contributed by atoms with Crippen molar-refractivity contribution in [2.24, 2.45) is 0 Å². The van der Waals surface area contributed by atoms with Crippen molar-refractivity contribution in [3.05, 3.63) is 95.6 Å². The first-order valence-electron chi connectivity index (χ1n) is 9.54. The predicted octanol–water partition coefficient (Wildman–Crippen LogP) is 4.86. The maximum atomic E-state index is 13.1. The van der Waals surface area contributed by atoms with Gasteiger partial charge in [-0.1, -0.05) is 66.7 Å². The van der Waals surface area contributed by atoms with Crippen molar-refractivity contribution in [1.29, 1.82) is 0 Å². The van der Waals surface area contributed by atoms with Crippen LogP contribution in [0.5, 0.6) is 5.75 Å². The maximum absolute atomic E-state index is 13.1. The minimum Gasteiger partial charge on any atom is -0.492 e. The largest absolute Gasteiger partial charge is 0.492 e. The molecule has 0 heterocycles. The third kappa shape index (κ3) is 4.99. The minimum absolute atomic E-state index is 0.119. The molecule has 2 N–H and O–H groups in total. The van der Waals surface area contributed by atoms with Crippen LogP contribution in [0.15, 0.2) is 78.9 Å². The number of hydrogen-bond acceptors (Lipinski definition) is 3. The van der Waals surface area contributed by atoms with E-state index in [2.05, 4.69) is 29.7 Å². The number of hydrogen-bond donors (Lipinski definition) is 2. The van der Waals surface area contributed by atoms with Crippen molar-refractivity contribution >= 4 is 11.6 Å². The van der Waals surface area contributed by atoms with Gasteiger partial charge in [-0.3, -0.25) is 10.1 Å². The zero-order chi connectivity index (χ0) is 19.8. The summed E-state index contributed by atoms with van der Waals surface area (Å²) in [5.74, 6) is 0.552. The highest BCUT2D eigenvalue weighted by atomic mass is 16.5. The molecule has 1 atom stereocenters. The number of benzene rings is 3. The van der Waals surface area contributed by atoms with Gasteiger partial charge in [0.05, 0.1) is 12.3 Å². The number of ether oxygens (including phenoxy) is 1. The number of nitrogens with one attached hydrogen (secondary N) is 2. The molecule has 0 saturated carbocycles. The molecule has 0 aliphatic rings. The molecule has 0 aliphatic carbocycles. The monoisotopic (exact) mass is 374 g/mol. The van der Waals surface area contributed by atoms with Gasteiger partial charge in [0.25, 0.3) is 0 Å². The zero-order valence-corrected chi connectivity index (χ0v) is 16.3. The standard InChI is InChI=1S/C24H26N2O2/c1-3-28-22-16-10-9-15-21(22)26-24(27)23(19-12-5-4-6-13-19)25-17-20-14-8-7-11-18(20)2/h4-16,23,25H,3,17H2,1-2H3,(H,26,27)/t23-/m0/s1. The predicted molar refractivity (Wildman–Crippen MR) is 113 cm³/mol. The Hall–Kier alpha value is -3.11. The molecule has 0 bridgehead atoms. The van der Waals surface area contributed by atoms with Crippen LogP contribution in [0.1, 0.15) is 29.7 Å². The molecule has 0 fully saturated rings. The summed E-state index contributed by atoms with van der Waals surface area (Å²) in [5, 5.41) is 6.43. The molecule has 0 unspecified atom stereocenters. The maximum Gasteiger partial charge on any atom is 0.246 e. The second-order valence-electron chi connectivity index (χ2n) is 6.57. The molecular formula is C24H26N2O2. The molecule has 144 valence electrons. The third-order valence-electron chi connectivity index (χ3n) is 4.60. The van der Waals surface area contributed by atoms with Gasteiger partial charge in [0, 0.05) is 6.54 Å². The fourth-order valence-electron chi connectivity index (χ4n) is 3.08. The number of amides is 1.